The van der Waals surface area contributed by atoms with Crippen molar-refractivity contribution in [3.8, 4) is 11.1 Å². The molecule has 0 atom stereocenters. The van der Waals surface area contributed by atoms with E-state index >= 15 is 0 Å². The van der Waals surface area contributed by atoms with E-state index in [1.165, 1.54) is 6.07 Å². The van der Waals surface area contributed by atoms with Crippen LogP contribution in [0, 0.1) is 5.82 Å². The van der Waals surface area contributed by atoms with Gasteiger partial charge in [-0.05, 0) is 35.4 Å². The van der Waals surface area contributed by atoms with Gasteiger partial charge in [0.15, 0.2) is 0 Å². The highest BCUT2D eigenvalue weighted by atomic mass is 35.5. The minimum Gasteiger partial charge on any atom is -0.399 e. The molecule has 0 unspecified atom stereocenters. The highest BCUT2D eigenvalue weighted by molar-refractivity contribution is 5.85. The highest BCUT2D eigenvalue weighted by Crippen LogP contribution is 2.23. The molecule has 4 heteroatoms. The van der Waals surface area contributed by atoms with Crippen molar-refractivity contribution in [2.75, 3.05) is 11.5 Å². The van der Waals surface area contributed by atoms with Crippen LogP contribution in [0.3, 0.4) is 0 Å². The predicted molar refractivity (Wildman–Crippen MR) is 67.9 cm³/mol. The number of rotatable bonds is 1. The maximum Gasteiger partial charge on any atom is 0.146 e. The Bertz CT molecular complexity index is 483. The summed E-state index contributed by atoms with van der Waals surface area (Å²) < 4.78 is 13.2. The van der Waals surface area contributed by atoms with Gasteiger partial charge in [-0.2, -0.15) is 0 Å². The zero-order valence-corrected chi connectivity index (χ0v) is 9.30. The Labute approximate surface area is 99.5 Å². The first-order valence-electron chi connectivity index (χ1n) is 4.58. The third kappa shape index (κ3) is 2.44. The standard InChI is InChI=1S/C12H11FN2.ClH/c13-11-7-9(3-6-12(11)15)8-1-4-10(14)5-2-8;/h1-7H,14-15H2;1H. The van der Waals surface area contributed by atoms with E-state index in [1.54, 1.807) is 24.3 Å². The third-order valence-corrected chi connectivity index (χ3v) is 2.24. The number of nitrogen functional groups attached to an aromatic ring is 2. The van der Waals surface area contributed by atoms with E-state index in [0.29, 0.717) is 5.69 Å². The predicted octanol–water partition coefficient (Wildman–Crippen LogP) is 3.08. The minimum atomic E-state index is -0.399. The van der Waals surface area contributed by atoms with Crippen LogP contribution in [0.4, 0.5) is 15.8 Å². The van der Waals surface area contributed by atoms with E-state index in [0.717, 1.165) is 11.1 Å². The number of halogens is 2. The van der Waals surface area contributed by atoms with Crippen molar-refractivity contribution in [1.29, 1.82) is 0 Å². The monoisotopic (exact) mass is 238 g/mol. The topological polar surface area (TPSA) is 52.0 Å². The molecule has 16 heavy (non-hydrogen) atoms. The molecule has 0 heterocycles. The van der Waals surface area contributed by atoms with Crippen molar-refractivity contribution >= 4 is 23.8 Å². The molecule has 4 N–H and O–H groups in total. The van der Waals surface area contributed by atoms with E-state index in [4.69, 9.17) is 11.5 Å². The van der Waals surface area contributed by atoms with Gasteiger partial charge in [0.2, 0.25) is 0 Å². The highest BCUT2D eigenvalue weighted by Gasteiger charge is 2.01. The van der Waals surface area contributed by atoms with Gasteiger partial charge in [0, 0.05) is 5.69 Å². The normalized spacial score (nSPS) is 9.56. The Hall–Kier alpha value is -1.74. The molecule has 0 amide bonds. The second kappa shape index (κ2) is 4.86. The van der Waals surface area contributed by atoms with Crippen LogP contribution in [-0.4, -0.2) is 0 Å². The number of hydrogen-bond acceptors (Lipinski definition) is 2. The first-order valence-corrected chi connectivity index (χ1v) is 4.58. The Morgan fingerprint density at radius 2 is 1.38 bits per heavy atom. The van der Waals surface area contributed by atoms with Crippen LogP contribution in [-0.2, 0) is 0 Å². The molecule has 2 aromatic carbocycles. The smallest absolute Gasteiger partial charge is 0.146 e. The molecule has 0 aromatic heterocycles. The van der Waals surface area contributed by atoms with Crippen LogP contribution in [0.5, 0.6) is 0 Å². The Kier molecular flexibility index (Phi) is 3.74. The van der Waals surface area contributed by atoms with Gasteiger partial charge in [-0.25, -0.2) is 4.39 Å². The lowest BCUT2D eigenvalue weighted by molar-refractivity contribution is 0.633. The number of nitrogens with two attached hydrogens (primary N) is 2. The van der Waals surface area contributed by atoms with Crippen LogP contribution in [0.2, 0.25) is 0 Å². The van der Waals surface area contributed by atoms with Gasteiger partial charge >= 0.3 is 0 Å². The Morgan fingerprint density at radius 1 is 0.812 bits per heavy atom. The maximum absolute atomic E-state index is 13.2. The quantitative estimate of drug-likeness (QED) is 0.751. The number of benzene rings is 2. The van der Waals surface area contributed by atoms with Gasteiger partial charge in [0.05, 0.1) is 5.69 Å². The van der Waals surface area contributed by atoms with Crippen LogP contribution in [0.1, 0.15) is 0 Å². The molecule has 0 aliphatic rings. The average molecular weight is 239 g/mol. The van der Waals surface area contributed by atoms with Gasteiger partial charge in [-0.15, -0.1) is 12.4 Å². The van der Waals surface area contributed by atoms with Crippen LogP contribution in [0.15, 0.2) is 42.5 Å². The SMILES string of the molecule is Cl.Nc1ccc(-c2ccc(N)c(F)c2)cc1. The maximum atomic E-state index is 13.2. The van der Waals surface area contributed by atoms with E-state index in [-0.39, 0.29) is 18.1 Å². The zero-order valence-electron chi connectivity index (χ0n) is 8.48. The first-order chi connectivity index (χ1) is 7.16. The van der Waals surface area contributed by atoms with Crippen molar-refractivity contribution in [3.63, 3.8) is 0 Å². The molecule has 0 radical (unpaired) electrons. The lowest BCUT2D eigenvalue weighted by atomic mass is 10.0. The van der Waals surface area contributed by atoms with Crippen molar-refractivity contribution < 1.29 is 4.39 Å². The summed E-state index contributed by atoms with van der Waals surface area (Å²) in [6.45, 7) is 0. The summed E-state index contributed by atoms with van der Waals surface area (Å²) >= 11 is 0. The zero-order chi connectivity index (χ0) is 10.8. The molecule has 0 saturated carbocycles. The summed E-state index contributed by atoms with van der Waals surface area (Å²) in [5, 5.41) is 0. The van der Waals surface area contributed by atoms with Crippen LogP contribution < -0.4 is 11.5 Å². The fraction of sp³-hybridized carbons (Fsp3) is 0. The van der Waals surface area contributed by atoms with Crippen LogP contribution in [0.25, 0.3) is 11.1 Å². The number of anilines is 2. The molecule has 84 valence electrons. The van der Waals surface area contributed by atoms with Crippen LogP contribution >= 0.6 is 12.4 Å². The number of hydrogen-bond donors (Lipinski definition) is 2. The fourth-order valence-electron chi connectivity index (χ4n) is 1.38. The van der Waals surface area contributed by atoms with Gasteiger partial charge in [0.1, 0.15) is 5.82 Å². The van der Waals surface area contributed by atoms with E-state index in [9.17, 15) is 4.39 Å². The summed E-state index contributed by atoms with van der Waals surface area (Å²) in [5.74, 6) is -0.399. The lowest BCUT2D eigenvalue weighted by Gasteiger charge is -2.03. The lowest BCUT2D eigenvalue weighted by Crippen LogP contribution is -1.90. The molecule has 0 fully saturated rings. The molecular formula is C12H12ClFN2. The van der Waals surface area contributed by atoms with Gasteiger partial charge in [-0.3, -0.25) is 0 Å². The van der Waals surface area contributed by atoms with E-state index in [2.05, 4.69) is 0 Å². The molecule has 0 saturated heterocycles. The van der Waals surface area contributed by atoms with Crippen molar-refractivity contribution in [1.82, 2.24) is 0 Å². The van der Waals surface area contributed by atoms with Crippen molar-refractivity contribution in [2.45, 2.75) is 0 Å². The summed E-state index contributed by atoms with van der Waals surface area (Å²) in [4.78, 5) is 0. The Balaban J connectivity index is 0.00000128. The molecule has 0 aliphatic heterocycles. The van der Waals surface area contributed by atoms with Gasteiger partial charge in [0.25, 0.3) is 0 Å². The van der Waals surface area contributed by atoms with E-state index in [1.807, 2.05) is 12.1 Å². The molecule has 2 nitrogen and oxygen atoms in total. The average Bonchev–Trinajstić information content (AvgIpc) is 2.23. The summed E-state index contributed by atoms with van der Waals surface area (Å²) in [6.07, 6.45) is 0. The van der Waals surface area contributed by atoms with Gasteiger partial charge < -0.3 is 11.5 Å². The van der Waals surface area contributed by atoms with E-state index < -0.39 is 5.82 Å². The molecule has 2 aromatic rings. The largest absolute Gasteiger partial charge is 0.399 e. The summed E-state index contributed by atoms with van der Waals surface area (Å²) in [5.41, 5.74) is 13.5. The first kappa shape index (κ1) is 12.3. The van der Waals surface area contributed by atoms with Gasteiger partial charge in [-0.1, -0.05) is 18.2 Å². The molecular weight excluding hydrogens is 227 g/mol. The molecule has 0 spiro atoms. The third-order valence-electron chi connectivity index (χ3n) is 2.24. The summed E-state index contributed by atoms with van der Waals surface area (Å²) in [7, 11) is 0. The Morgan fingerprint density at radius 3 is 1.94 bits per heavy atom. The molecule has 0 aliphatic carbocycles. The molecule has 2 rings (SSSR count). The second-order valence-electron chi connectivity index (χ2n) is 3.36. The van der Waals surface area contributed by atoms with Crippen molar-refractivity contribution in [3.05, 3.63) is 48.3 Å². The minimum absolute atomic E-state index is 0. The molecule has 0 bridgehead atoms. The second-order valence-corrected chi connectivity index (χ2v) is 3.36. The summed E-state index contributed by atoms with van der Waals surface area (Å²) in [6, 6.07) is 12.0. The fourth-order valence-corrected chi connectivity index (χ4v) is 1.38. The van der Waals surface area contributed by atoms with Crippen molar-refractivity contribution in [2.24, 2.45) is 0 Å².